The van der Waals surface area contributed by atoms with Crippen molar-refractivity contribution in [2.75, 3.05) is 11.9 Å². The SMILES string of the molecule is CCC(CC)(CN)C(=O)Nc1ccc(I)cc1.Cl. The molecule has 0 radical (unpaired) electrons. The highest BCUT2D eigenvalue weighted by atomic mass is 127. The van der Waals surface area contributed by atoms with E-state index in [-0.39, 0.29) is 18.3 Å². The second kappa shape index (κ2) is 7.96. The molecule has 5 heteroatoms. The normalized spacial score (nSPS) is 10.7. The van der Waals surface area contributed by atoms with E-state index in [9.17, 15) is 4.79 Å². The van der Waals surface area contributed by atoms with Crippen LogP contribution in [0.4, 0.5) is 5.69 Å². The minimum Gasteiger partial charge on any atom is -0.329 e. The lowest BCUT2D eigenvalue weighted by Gasteiger charge is -2.28. The molecule has 0 aliphatic rings. The molecule has 0 bridgehead atoms. The molecule has 0 saturated carbocycles. The molecule has 0 spiro atoms. The second-order valence-electron chi connectivity index (χ2n) is 4.15. The molecule has 0 fully saturated rings. The van der Waals surface area contributed by atoms with Gasteiger partial charge in [0.2, 0.25) is 5.91 Å². The molecule has 0 aliphatic heterocycles. The fourth-order valence-corrected chi connectivity index (χ4v) is 2.11. The van der Waals surface area contributed by atoms with Gasteiger partial charge in [-0.05, 0) is 59.7 Å². The van der Waals surface area contributed by atoms with Crippen molar-refractivity contribution in [1.29, 1.82) is 0 Å². The van der Waals surface area contributed by atoms with Gasteiger partial charge in [0.25, 0.3) is 0 Å². The van der Waals surface area contributed by atoms with E-state index >= 15 is 0 Å². The monoisotopic (exact) mass is 382 g/mol. The Labute approximate surface area is 128 Å². The Morgan fingerprint density at radius 1 is 1.28 bits per heavy atom. The number of nitrogens with one attached hydrogen (secondary N) is 1. The molecular weight excluding hydrogens is 363 g/mol. The molecule has 0 aliphatic carbocycles. The van der Waals surface area contributed by atoms with E-state index in [1.54, 1.807) is 0 Å². The molecule has 102 valence electrons. The van der Waals surface area contributed by atoms with Crippen LogP contribution in [0.1, 0.15) is 26.7 Å². The summed E-state index contributed by atoms with van der Waals surface area (Å²) in [4.78, 5) is 12.2. The largest absolute Gasteiger partial charge is 0.329 e. The summed E-state index contributed by atoms with van der Waals surface area (Å²) >= 11 is 2.24. The highest BCUT2D eigenvalue weighted by Gasteiger charge is 2.33. The number of anilines is 1. The highest BCUT2D eigenvalue weighted by Crippen LogP contribution is 2.27. The van der Waals surface area contributed by atoms with Crippen LogP contribution in [0.25, 0.3) is 0 Å². The Hall–Kier alpha value is -0.330. The van der Waals surface area contributed by atoms with Crippen molar-refractivity contribution in [3.63, 3.8) is 0 Å². The predicted octanol–water partition coefficient (Wildman–Crippen LogP) is 3.42. The predicted molar refractivity (Wildman–Crippen MR) is 87.1 cm³/mol. The second-order valence-corrected chi connectivity index (χ2v) is 5.40. The van der Waals surface area contributed by atoms with E-state index in [1.165, 1.54) is 0 Å². The van der Waals surface area contributed by atoms with Crippen molar-refractivity contribution in [2.24, 2.45) is 11.1 Å². The molecule has 1 aromatic rings. The number of nitrogens with two attached hydrogens (primary N) is 1. The first-order chi connectivity index (χ1) is 8.07. The number of rotatable bonds is 5. The maximum Gasteiger partial charge on any atom is 0.231 e. The summed E-state index contributed by atoms with van der Waals surface area (Å²) < 4.78 is 1.15. The number of benzene rings is 1. The quantitative estimate of drug-likeness (QED) is 0.767. The minimum atomic E-state index is -0.441. The van der Waals surface area contributed by atoms with Crippen molar-refractivity contribution in [2.45, 2.75) is 26.7 Å². The lowest BCUT2D eigenvalue weighted by atomic mass is 9.81. The minimum absolute atomic E-state index is 0. The van der Waals surface area contributed by atoms with Gasteiger partial charge in [0.05, 0.1) is 5.41 Å². The van der Waals surface area contributed by atoms with Gasteiger partial charge in [-0.25, -0.2) is 0 Å². The van der Waals surface area contributed by atoms with E-state index in [4.69, 9.17) is 5.73 Å². The third-order valence-corrected chi connectivity index (χ3v) is 4.05. The molecule has 0 aromatic heterocycles. The molecule has 1 rings (SSSR count). The van der Waals surface area contributed by atoms with Crippen molar-refractivity contribution in [3.05, 3.63) is 27.8 Å². The summed E-state index contributed by atoms with van der Waals surface area (Å²) in [5.41, 5.74) is 6.13. The smallest absolute Gasteiger partial charge is 0.231 e. The van der Waals surface area contributed by atoms with Crippen LogP contribution in [0.2, 0.25) is 0 Å². The lowest BCUT2D eigenvalue weighted by molar-refractivity contribution is -0.125. The lowest BCUT2D eigenvalue weighted by Crippen LogP contribution is -2.41. The van der Waals surface area contributed by atoms with Gasteiger partial charge in [-0.15, -0.1) is 12.4 Å². The first kappa shape index (κ1) is 17.7. The van der Waals surface area contributed by atoms with Gasteiger partial charge in [-0.3, -0.25) is 4.79 Å². The van der Waals surface area contributed by atoms with Crippen LogP contribution in [0, 0.1) is 8.99 Å². The average Bonchev–Trinajstić information content (AvgIpc) is 2.35. The number of hydrogen-bond acceptors (Lipinski definition) is 2. The maximum absolute atomic E-state index is 12.2. The van der Waals surface area contributed by atoms with Gasteiger partial charge in [0.15, 0.2) is 0 Å². The maximum atomic E-state index is 12.2. The van der Waals surface area contributed by atoms with E-state index in [2.05, 4.69) is 27.9 Å². The third kappa shape index (κ3) is 4.10. The van der Waals surface area contributed by atoms with Crippen molar-refractivity contribution >= 4 is 46.6 Å². The summed E-state index contributed by atoms with van der Waals surface area (Å²) in [5, 5.41) is 2.94. The van der Waals surface area contributed by atoms with Gasteiger partial charge in [-0.2, -0.15) is 0 Å². The Balaban J connectivity index is 0.00000289. The number of halogens is 2. The molecule has 0 saturated heterocycles. The van der Waals surface area contributed by atoms with E-state index in [1.807, 2.05) is 38.1 Å². The standard InChI is InChI=1S/C13H19IN2O.ClH/c1-3-13(4-2,9-15)12(17)16-11-7-5-10(14)6-8-11;/h5-8H,3-4,9,15H2,1-2H3,(H,16,17);1H. The van der Waals surface area contributed by atoms with Crippen LogP contribution in [-0.4, -0.2) is 12.5 Å². The zero-order valence-corrected chi connectivity index (χ0v) is 13.7. The fraction of sp³-hybridized carbons (Fsp3) is 0.462. The van der Waals surface area contributed by atoms with E-state index < -0.39 is 5.41 Å². The zero-order chi connectivity index (χ0) is 12.9. The number of hydrogen-bond donors (Lipinski definition) is 2. The molecule has 18 heavy (non-hydrogen) atoms. The summed E-state index contributed by atoms with van der Waals surface area (Å²) in [7, 11) is 0. The summed E-state index contributed by atoms with van der Waals surface area (Å²) in [6, 6.07) is 7.76. The van der Waals surface area contributed by atoms with Crippen LogP contribution in [0.5, 0.6) is 0 Å². The number of carbonyl (C=O) groups is 1. The number of carbonyl (C=O) groups excluding carboxylic acids is 1. The third-order valence-electron chi connectivity index (χ3n) is 3.33. The molecule has 0 unspecified atom stereocenters. The molecule has 1 amide bonds. The summed E-state index contributed by atoms with van der Waals surface area (Å²) in [6.07, 6.45) is 1.52. The van der Waals surface area contributed by atoms with E-state index in [0.29, 0.717) is 6.54 Å². The van der Waals surface area contributed by atoms with Gasteiger partial charge in [-0.1, -0.05) is 13.8 Å². The van der Waals surface area contributed by atoms with Crippen LogP contribution in [0.3, 0.4) is 0 Å². The topological polar surface area (TPSA) is 55.1 Å². The summed E-state index contributed by atoms with van der Waals surface area (Å²) in [6.45, 7) is 4.39. The first-order valence-corrected chi connectivity index (χ1v) is 6.93. The highest BCUT2D eigenvalue weighted by molar-refractivity contribution is 14.1. The fourth-order valence-electron chi connectivity index (χ4n) is 1.75. The number of amides is 1. The van der Waals surface area contributed by atoms with Crippen molar-refractivity contribution in [3.8, 4) is 0 Å². The Bertz CT molecular complexity index is 369. The van der Waals surface area contributed by atoms with Crippen LogP contribution in [-0.2, 0) is 4.79 Å². The molecule has 0 atom stereocenters. The Kier molecular flexibility index (Phi) is 7.82. The van der Waals surface area contributed by atoms with Crippen LogP contribution >= 0.6 is 35.0 Å². The zero-order valence-electron chi connectivity index (χ0n) is 10.7. The molecule has 1 aromatic carbocycles. The van der Waals surface area contributed by atoms with Gasteiger partial charge >= 0.3 is 0 Å². The van der Waals surface area contributed by atoms with Crippen molar-refractivity contribution < 1.29 is 4.79 Å². The van der Waals surface area contributed by atoms with Gasteiger partial charge in [0.1, 0.15) is 0 Å². The summed E-state index contributed by atoms with van der Waals surface area (Å²) in [5.74, 6) is 0.0196. The van der Waals surface area contributed by atoms with Crippen molar-refractivity contribution in [1.82, 2.24) is 0 Å². The van der Waals surface area contributed by atoms with E-state index in [0.717, 1.165) is 22.1 Å². The molecular formula is C13H20ClIN2O. The average molecular weight is 383 g/mol. The van der Waals surface area contributed by atoms with Gasteiger partial charge in [0, 0.05) is 15.8 Å². The van der Waals surface area contributed by atoms with Crippen LogP contribution in [0.15, 0.2) is 24.3 Å². The molecule has 0 heterocycles. The first-order valence-electron chi connectivity index (χ1n) is 5.85. The van der Waals surface area contributed by atoms with Gasteiger partial charge < -0.3 is 11.1 Å². The van der Waals surface area contributed by atoms with Crippen LogP contribution < -0.4 is 11.1 Å². The Morgan fingerprint density at radius 3 is 2.17 bits per heavy atom. The Morgan fingerprint density at radius 2 is 1.78 bits per heavy atom. The molecule has 3 nitrogen and oxygen atoms in total. The molecule has 3 N–H and O–H groups in total.